The average molecular weight is 339 g/mol. The van der Waals surface area contributed by atoms with Gasteiger partial charge in [0.2, 0.25) is 0 Å². The molecule has 2 aromatic carbocycles. The van der Waals surface area contributed by atoms with Crippen molar-refractivity contribution >= 4 is 32.5 Å². The molecule has 0 amide bonds. The highest BCUT2D eigenvalue weighted by molar-refractivity contribution is 9.10. The zero-order valence-corrected chi connectivity index (χ0v) is 13.1. The lowest BCUT2D eigenvalue weighted by Crippen LogP contribution is -2.06. The Balaban J connectivity index is 1.64. The van der Waals surface area contributed by atoms with E-state index in [4.69, 9.17) is 0 Å². The number of nitrogens with one attached hydrogen (secondary N) is 1. The molecule has 4 rings (SSSR count). The molecule has 1 atom stereocenters. The molecule has 1 aromatic heterocycles. The molecule has 0 spiro atoms. The summed E-state index contributed by atoms with van der Waals surface area (Å²) >= 11 is 3.55. The van der Waals surface area contributed by atoms with Crippen molar-refractivity contribution in [1.29, 1.82) is 0 Å². The van der Waals surface area contributed by atoms with Crippen LogP contribution in [0.2, 0.25) is 0 Å². The summed E-state index contributed by atoms with van der Waals surface area (Å²) in [7, 11) is 0. The Hall–Kier alpha value is -1.87. The van der Waals surface area contributed by atoms with Crippen molar-refractivity contribution < 1.29 is 0 Å². The van der Waals surface area contributed by atoms with Crippen LogP contribution in [0.25, 0.3) is 10.9 Å². The van der Waals surface area contributed by atoms with Crippen LogP contribution in [-0.4, -0.2) is 4.98 Å². The van der Waals surface area contributed by atoms with E-state index in [2.05, 4.69) is 68.7 Å². The van der Waals surface area contributed by atoms with E-state index in [0.717, 1.165) is 24.0 Å². The molecule has 104 valence electrons. The van der Waals surface area contributed by atoms with Crippen LogP contribution in [0.1, 0.15) is 23.6 Å². The van der Waals surface area contributed by atoms with Crippen LogP contribution in [0.3, 0.4) is 0 Å². The number of pyridine rings is 1. The number of hydrogen-bond acceptors (Lipinski definition) is 2. The standard InChI is InChI=1S/C18H15BrN2/c19-14-4-6-16-12(10-14)3-7-18(16)21-15-5-8-17-13(11-15)2-1-9-20-17/h1-2,4-6,8-11,18,21H,3,7H2. The summed E-state index contributed by atoms with van der Waals surface area (Å²) in [5.74, 6) is 0. The van der Waals surface area contributed by atoms with E-state index in [9.17, 15) is 0 Å². The van der Waals surface area contributed by atoms with Gasteiger partial charge in [0.15, 0.2) is 0 Å². The molecule has 0 aliphatic heterocycles. The van der Waals surface area contributed by atoms with Crippen molar-refractivity contribution in [3.63, 3.8) is 0 Å². The number of anilines is 1. The molecule has 1 aliphatic rings. The summed E-state index contributed by atoms with van der Waals surface area (Å²) in [6.07, 6.45) is 4.12. The van der Waals surface area contributed by atoms with E-state index in [1.807, 2.05) is 12.3 Å². The van der Waals surface area contributed by atoms with Crippen molar-refractivity contribution in [3.8, 4) is 0 Å². The molecule has 1 aliphatic carbocycles. The molecule has 0 saturated carbocycles. The lowest BCUT2D eigenvalue weighted by molar-refractivity contribution is 0.762. The number of halogens is 1. The minimum atomic E-state index is 0.405. The van der Waals surface area contributed by atoms with Gasteiger partial charge >= 0.3 is 0 Å². The molecule has 3 aromatic rings. The van der Waals surface area contributed by atoms with E-state index in [-0.39, 0.29) is 0 Å². The summed E-state index contributed by atoms with van der Waals surface area (Å²) in [6.45, 7) is 0. The molecule has 1 heterocycles. The summed E-state index contributed by atoms with van der Waals surface area (Å²) in [5.41, 5.74) is 5.07. The SMILES string of the molecule is Brc1ccc2c(c1)CCC2Nc1ccc2ncccc2c1. The predicted molar refractivity (Wildman–Crippen MR) is 90.6 cm³/mol. The summed E-state index contributed by atoms with van der Waals surface area (Å²) in [5, 5.41) is 4.84. The van der Waals surface area contributed by atoms with E-state index < -0.39 is 0 Å². The number of hydrogen-bond donors (Lipinski definition) is 1. The fraction of sp³-hybridized carbons (Fsp3) is 0.167. The smallest absolute Gasteiger partial charge is 0.0703 e. The largest absolute Gasteiger partial charge is 0.378 e. The van der Waals surface area contributed by atoms with Gasteiger partial charge in [0.1, 0.15) is 0 Å². The van der Waals surface area contributed by atoms with Gasteiger partial charge in [-0.25, -0.2) is 0 Å². The number of rotatable bonds is 2. The Labute approximate surface area is 132 Å². The van der Waals surface area contributed by atoms with E-state index >= 15 is 0 Å². The molecule has 0 fully saturated rings. The Kier molecular flexibility index (Phi) is 3.15. The third kappa shape index (κ3) is 2.42. The second-order valence-corrected chi connectivity index (χ2v) is 6.41. The molecule has 3 heteroatoms. The van der Waals surface area contributed by atoms with Crippen LogP contribution in [0, 0.1) is 0 Å². The van der Waals surface area contributed by atoms with Gasteiger partial charge in [0.05, 0.1) is 11.6 Å². The van der Waals surface area contributed by atoms with Gasteiger partial charge in [-0.15, -0.1) is 0 Å². The average Bonchev–Trinajstić information content (AvgIpc) is 2.89. The highest BCUT2D eigenvalue weighted by atomic mass is 79.9. The number of aromatic nitrogens is 1. The number of nitrogens with zero attached hydrogens (tertiary/aromatic N) is 1. The van der Waals surface area contributed by atoms with Gasteiger partial charge in [0, 0.05) is 21.7 Å². The Morgan fingerprint density at radius 3 is 3.00 bits per heavy atom. The molecule has 1 unspecified atom stereocenters. The highest BCUT2D eigenvalue weighted by Gasteiger charge is 2.22. The summed E-state index contributed by atoms with van der Waals surface area (Å²) in [4.78, 5) is 4.37. The predicted octanol–water partition coefficient (Wildman–Crippen LogP) is 5.10. The maximum Gasteiger partial charge on any atom is 0.0703 e. The number of aryl methyl sites for hydroxylation is 1. The fourth-order valence-electron chi connectivity index (χ4n) is 3.10. The summed E-state index contributed by atoms with van der Waals surface area (Å²) in [6, 6.07) is 17.5. The lowest BCUT2D eigenvalue weighted by atomic mass is 10.1. The molecule has 0 bridgehead atoms. The first kappa shape index (κ1) is 12.8. The van der Waals surface area contributed by atoms with Gasteiger partial charge in [-0.3, -0.25) is 4.98 Å². The van der Waals surface area contributed by atoms with Gasteiger partial charge < -0.3 is 5.32 Å². The fourth-order valence-corrected chi connectivity index (χ4v) is 3.51. The Morgan fingerprint density at radius 2 is 2.05 bits per heavy atom. The molecule has 21 heavy (non-hydrogen) atoms. The third-order valence-corrected chi connectivity index (χ3v) is 4.62. The van der Waals surface area contributed by atoms with Gasteiger partial charge in [-0.2, -0.15) is 0 Å². The third-order valence-electron chi connectivity index (χ3n) is 4.13. The van der Waals surface area contributed by atoms with Crippen molar-refractivity contribution in [2.24, 2.45) is 0 Å². The lowest BCUT2D eigenvalue weighted by Gasteiger charge is -2.16. The maximum absolute atomic E-state index is 4.37. The van der Waals surface area contributed by atoms with Crippen LogP contribution in [0.4, 0.5) is 5.69 Å². The Morgan fingerprint density at radius 1 is 1.10 bits per heavy atom. The number of fused-ring (bicyclic) bond motifs is 2. The number of benzene rings is 2. The first-order valence-electron chi connectivity index (χ1n) is 7.19. The maximum atomic E-state index is 4.37. The topological polar surface area (TPSA) is 24.9 Å². The van der Waals surface area contributed by atoms with Crippen LogP contribution in [-0.2, 0) is 6.42 Å². The second-order valence-electron chi connectivity index (χ2n) is 5.49. The first-order valence-corrected chi connectivity index (χ1v) is 7.98. The zero-order valence-electron chi connectivity index (χ0n) is 11.5. The molecule has 1 N–H and O–H groups in total. The first-order chi connectivity index (χ1) is 10.3. The molecule has 0 radical (unpaired) electrons. The van der Waals surface area contributed by atoms with Crippen molar-refractivity contribution in [3.05, 3.63) is 70.3 Å². The van der Waals surface area contributed by atoms with E-state index in [1.165, 1.54) is 21.0 Å². The minimum Gasteiger partial charge on any atom is -0.378 e. The summed E-state index contributed by atoms with van der Waals surface area (Å²) < 4.78 is 1.17. The van der Waals surface area contributed by atoms with Crippen molar-refractivity contribution in [2.75, 3.05) is 5.32 Å². The van der Waals surface area contributed by atoms with Crippen LogP contribution >= 0.6 is 15.9 Å². The normalized spacial score (nSPS) is 16.9. The van der Waals surface area contributed by atoms with Crippen LogP contribution < -0.4 is 5.32 Å². The highest BCUT2D eigenvalue weighted by Crippen LogP contribution is 2.35. The van der Waals surface area contributed by atoms with E-state index in [1.54, 1.807) is 0 Å². The molecule has 2 nitrogen and oxygen atoms in total. The molecule has 0 saturated heterocycles. The quantitative estimate of drug-likeness (QED) is 0.703. The van der Waals surface area contributed by atoms with Gasteiger partial charge in [-0.1, -0.05) is 28.1 Å². The van der Waals surface area contributed by atoms with Crippen LogP contribution in [0.15, 0.2) is 59.2 Å². The van der Waals surface area contributed by atoms with Gasteiger partial charge in [-0.05, 0) is 60.4 Å². The van der Waals surface area contributed by atoms with Crippen molar-refractivity contribution in [2.45, 2.75) is 18.9 Å². The molecular weight excluding hydrogens is 324 g/mol. The zero-order chi connectivity index (χ0) is 14.2. The minimum absolute atomic E-state index is 0.405. The van der Waals surface area contributed by atoms with Crippen LogP contribution in [0.5, 0.6) is 0 Å². The Bertz CT molecular complexity index is 813. The van der Waals surface area contributed by atoms with E-state index in [0.29, 0.717) is 6.04 Å². The van der Waals surface area contributed by atoms with Crippen molar-refractivity contribution in [1.82, 2.24) is 4.98 Å². The second kappa shape index (κ2) is 5.15. The van der Waals surface area contributed by atoms with Gasteiger partial charge in [0.25, 0.3) is 0 Å². The molecular formula is C18H15BrN2. The monoisotopic (exact) mass is 338 g/mol.